The third-order valence-electron chi connectivity index (χ3n) is 3.04. The number of nitrogens with one attached hydrogen (secondary N) is 1. The number of ether oxygens (including phenoxy) is 1. The molecule has 1 aromatic carbocycles. The predicted molar refractivity (Wildman–Crippen MR) is 71.7 cm³/mol. The highest BCUT2D eigenvalue weighted by atomic mass is 35.5. The average molecular weight is 285 g/mol. The van der Waals surface area contributed by atoms with Gasteiger partial charge in [0, 0.05) is 25.4 Å². The lowest BCUT2D eigenvalue weighted by molar-refractivity contribution is 0.0320. The maximum Gasteiger partial charge on any atom is 0.0876 e. The SMILES string of the molecule is N#CC[C@H]1CNCCOC1c1ccc(Cl)c(Cl)c1. The summed E-state index contributed by atoms with van der Waals surface area (Å²) in [5.41, 5.74) is 0.980. The second kappa shape index (κ2) is 6.40. The highest BCUT2D eigenvalue weighted by Crippen LogP contribution is 2.33. The summed E-state index contributed by atoms with van der Waals surface area (Å²) in [7, 11) is 0. The number of hydrogen-bond acceptors (Lipinski definition) is 3. The van der Waals surface area contributed by atoms with Crippen LogP contribution in [0.25, 0.3) is 0 Å². The van der Waals surface area contributed by atoms with E-state index in [1.54, 1.807) is 6.07 Å². The molecule has 0 amide bonds. The molecule has 0 radical (unpaired) electrons. The monoisotopic (exact) mass is 284 g/mol. The fourth-order valence-electron chi connectivity index (χ4n) is 2.14. The van der Waals surface area contributed by atoms with Crippen LogP contribution in [-0.4, -0.2) is 19.7 Å². The van der Waals surface area contributed by atoms with Crippen LogP contribution in [0.3, 0.4) is 0 Å². The number of rotatable bonds is 2. The van der Waals surface area contributed by atoms with Gasteiger partial charge in [0.2, 0.25) is 0 Å². The molecule has 3 nitrogen and oxygen atoms in total. The van der Waals surface area contributed by atoms with Gasteiger partial charge < -0.3 is 10.1 Å². The molecule has 0 saturated carbocycles. The predicted octanol–water partition coefficient (Wildman–Crippen LogP) is 3.18. The Morgan fingerprint density at radius 1 is 1.39 bits per heavy atom. The molecule has 2 rings (SSSR count). The molecule has 1 N–H and O–H groups in total. The van der Waals surface area contributed by atoms with Crippen molar-refractivity contribution in [2.45, 2.75) is 12.5 Å². The van der Waals surface area contributed by atoms with Gasteiger partial charge in [-0.05, 0) is 17.7 Å². The molecular weight excluding hydrogens is 271 g/mol. The van der Waals surface area contributed by atoms with Crippen LogP contribution < -0.4 is 5.32 Å². The molecule has 2 atom stereocenters. The number of nitriles is 1. The molecule has 1 unspecified atom stereocenters. The van der Waals surface area contributed by atoms with E-state index in [-0.39, 0.29) is 12.0 Å². The molecular formula is C13H14Cl2N2O. The maximum atomic E-state index is 8.89. The summed E-state index contributed by atoms with van der Waals surface area (Å²) in [5, 5.41) is 13.2. The number of halogens is 2. The molecule has 0 spiro atoms. The first kappa shape index (κ1) is 13.6. The van der Waals surface area contributed by atoms with Gasteiger partial charge in [-0.15, -0.1) is 0 Å². The van der Waals surface area contributed by atoms with Crippen LogP contribution in [0.2, 0.25) is 10.0 Å². The van der Waals surface area contributed by atoms with Crippen molar-refractivity contribution < 1.29 is 4.74 Å². The van der Waals surface area contributed by atoms with Crippen LogP contribution >= 0.6 is 23.2 Å². The summed E-state index contributed by atoms with van der Waals surface area (Å²) in [6.45, 7) is 2.21. The molecule has 5 heteroatoms. The summed E-state index contributed by atoms with van der Waals surface area (Å²) in [6.07, 6.45) is 0.354. The van der Waals surface area contributed by atoms with Crippen LogP contribution in [0.15, 0.2) is 18.2 Å². The van der Waals surface area contributed by atoms with Crippen LogP contribution in [0.5, 0.6) is 0 Å². The van der Waals surface area contributed by atoms with Crippen LogP contribution in [0.4, 0.5) is 0 Å². The molecule has 1 heterocycles. The molecule has 0 bridgehead atoms. The van der Waals surface area contributed by atoms with Gasteiger partial charge in [-0.25, -0.2) is 0 Å². The summed E-state index contributed by atoms with van der Waals surface area (Å²) in [5.74, 6) is 0.134. The third kappa shape index (κ3) is 3.15. The molecule has 1 saturated heterocycles. The van der Waals surface area contributed by atoms with Crippen molar-refractivity contribution in [2.24, 2.45) is 5.92 Å². The Bertz CT molecular complexity index is 459. The molecule has 96 valence electrons. The minimum atomic E-state index is -0.102. The molecule has 18 heavy (non-hydrogen) atoms. The molecule has 1 aromatic rings. The van der Waals surface area contributed by atoms with Gasteiger partial charge in [-0.1, -0.05) is 29.3 Å². The zero-order chi connectivity index (χ0) is 13.0. The quantitative estimate of drug-likeness (QED) is 0.907. The summed E-state index contributed by atoms with van der Waals surface area (Å²) in [4.78, 5) is 0. The fraction of sp³-hybridized carbons (Fsp3) is 0.462. The average Bonchev–Trinajstić information content (AvgIpc) is 2.59. The van der Waals surface area contributed by atoms with Gasteiger partial charge in [0.25, 0.3) is 0 Å². The van der Waals surface area contributed by atoms with E-state index in [2.05, 4.69) is 11.4 Å². The van der Waals surface area contributed by atoms with Gasteiger partial charge >= 0.3 is 0 Å². The standard InChI is InChI=1S/C13H14Cl2N2O/c14-11-2-1-9(7-12(11)15)13-10(3-4-16)8-17-5-6-18-13/h1-2,7,10,13,17H,3,5-6,8H2/t10-,13?/m0/s1. The van der Waals surface area contributed by atoms with Crippen molar-refractivity contribution in [2.75, 3.05) is 19.7 Å². The van der Waals surface area contributed by atoms with Crippen molar-refractivity contribution in [1.82, 2.24) is 5.32 Å². The Balaban J connectivity index is 2.26. The smallest absolute Gasteiger partial charge is 0.0876 e. The van der Waals surface area contributed by atoms with E-state index in [0.717, 1.165) is 18.7 Å². The first-order chi connectivity index (χ1) is 8.72. The normalized spacial score (nSPS) is 24.3. The van der Waals surface area contributed by atoms with Crippen LogP contribution in [0, 0.1) is 17.2 Å². The van der Waals surface area contributed by atoms with E-state index < -0.39 is 0 Å². The first-order valence-corrected chi connectivity index (χ1v) is 6.62. The fourth-order valence-corrected chi connectivity index (χ4v) is 2.45. The lowest BCUT2D eigenvalue weighted by Gasteiger charge is -2.23. The minimum absolute atomic E-state index is 0.102. The molecule has 0 aliphatic carbocycles. The van der Waals surface area contributed by atoms with Crippen molar-refractivity contribution in [1.29, 1.82) is 5.26 Å². The number of benzene rings is 1. The number of nitrogens with zero attached hydrogens (tertiary/aromatic N) is 1. The Morgan fingerprint density at radius 3 is 2.94 bits per heavy atom. The summed E-state index contributed by atoms with van der Waals surface area (Å²) in [6, 6.07) is 7.72. The summed E-state index contributed by atoms with van der Waals surface area (Å²) >= 11 is 11.9. The Kier molecular flexibility index (Phi) is 4.85. The van der Waals surface area contributed by atoms with E-state index in [1.165, 1.54) is 0 Å². The Labute approximate surface area is 117 Å². The van der Waals surface area contributed by atoms with Gasteiger partial charge in [0.1, 0.15) is 0 Å². The zero-order valence-corrected chi connectivity index (χ0v) is 11.3. The zero-order valence-electron chi connectivity index (χ0n) is 9.83. The van der Waals surface area contributed by atoms with E-state index in [9.17, 15) is 0 Å². The Hall–Kier alpha value is -0.790. The van der Waals surface area contributed by atoms with Crippen molar-refractivity contribution in [3.63, 3.8) is 0 Å². The molecule has 1 aliphatic heterocycles. The largest absolute Gasteiger partial charge is 0.372 e. The van der Waals surface area contributed by atoms with E-state index >= 15 is 0 Å². The van der Waals surface area contributed by atoms with Gasteiger partial charge in [-0.2, -0.15) is 5.26 Å². The van der Waals surface area contributed by atoms with Crippen molar-refractivity contribution >= 4 is 23.2 Å². The topological polar surface area (TPSA) is 45.0 Å². The second-order valence-electron chi connectivity index (χ2n) is 4.29. The van der Waals surface area contributed by atoms with Crippen LogP contribution in [0.1, 0.15) is 18.1 Å². The van der Waals surface area contributed by atoms with Crippen molar-refractivity contribution in [3.05, 3.63) is 33.8 Å². The highest BCUT2D eigenvalue weighted by molar-refractivity contribution is 6.42. The van der Waals surface area contributed by atoms with Crippen LogP contribution in [-0.2, 0) is 4.74 Å². The Morgan fingerprint density at radius 2 is 2.22 bits per heavy atom. The second-order valence-corrected chi connectivity index (χ2v) is 5.11. The van der Waals surface area contributed by atoms with Gasteiger partial charge in [0.05, 0.1) is 28.8 Å². The molecule has 1 fully saturated rings. The van der Waals surface area contributed by atoms with Crippen molar-refractivity contribution in [3.8, 4) is 6.07 Å². The lowest BCUT2D eigenvalue weighted by atomic mass is 9.93. The van der Waals surface area contributed by atoms with E-state index in [0.29, 0.717) is 23.1 Å². The molecule has 1 aliphatic rings. The van der Waals surface area contributed by atoms with Gasteiger partial charge in [0.15, 0.2) is 0 Å². The third-order valence-corrected chi connectivity index (χ3v) is 3.78. The van der Waals surface area contributed by atoms with E-state index in [1.807, 2.05) is 12.1 Å². The van der Waals surface area contributed by atoms with E-state index in [4.69, 9.17) is 33.2 Å². The lowest BCUT2D eigenvalue weighted by Crippen LogP contribution is -2.24. The number of hydrogen-bond donors (Lipinski definition) is 1. The maximum absolute atomic E-state index is 8.89. The van der Waals surface area contributed by atoms with Gasteiger partial charge in [-0.3, -0.25) is 0 Å². The first-order valence-electron chi connectivity index (χ1n) is 5.86. The molecule has 0 aromatic heterocycles. The highest BCUT2D eigenvalue weighted by Gasteiger charge is 2.26. The summed E-state index contributed by atoms with van der Waals surface area (Å²) < 4.78 is 5.83. The minimum Gasteiger partial charge on any atom is -0.372 e.